The van der Waals surface area contributed by atoms with Crippen LogP contribution in [-0.4, -0.2) is 30.8 Å². The molecule has 0 bridgehead atoms. The summed E-state index contributed by atoms with van der Waals surface area (Å²) in [6.45, 7) is 5.21. The van der Waals surface area contributed by atoms with Gasteiger partial charge in [0, 0.05) is 23.8 Å². The van der Waals surface area contributed by atoms with E-state index in [9.17, 15) is 8.42 Å². The largest absolute Gasteiger partial charge is 0.246 e. The Morgan fingerprint density at radius 3 is 2.53 bits per heavy atom. The lowest BCUT2D eigenvalue weighted by Crippen LogP contribution is -2.42. The lowest BCUT2D eigenvalue weighted by atomic mass is 9.94. The zero-order valence-electron chi connectivity index (χ0n) is 10.8. The van der Waals surface area contributed by atoms with Gasteiger partial charge < -0.3 is 0 Å². The average molecular weight is 368 g/mol. The third-order valence-electron chi connectivity index (χ3n) is 3.23. The maximum Gasteiger partial charge on any atom is 0.246 e. The minimum absolute atomic E-state index is 0.0223. The standard InChI is InChI=1S/C12H16BrClN2O2S/c1-8-3-9(2)7-16(6-8)19(17,18)11-4-10(13)5-15-12(11)14/h4-5,8-9H,3,6-7H2,1-2H3. The summed E-state index contributed by atoms with van der Waals surface area (Å²) < 4.78 is 27.4. The van der Waals surface area contributed by atoms with Crippen LogP contribution >= 0.6 is 27.5 Å². The van der Waals surface area contributed by atoms with Crippen molar-refractivity contribution in [1.29, 1.82) is 0 Å². The molecule has 2 unspecified atom stereocenters. The smallest absolute Gasteiger partial charge is 0.242 e. The van der Waals surface area contributed by atoms with Crippen LogP contribution < -0.4 is 0 Å². The van der Waals surface area contributed by atoms with E-state index in [4.69, 9.17) is 11.6 Å². The van der Waals surface area contributed by atoms with Crippen molar-refractivity contribution in [3.05, 3.63) is 21.9 Å². The fourth-order valence-corrected chi connectivity index (χ4v) is 5.13. The normalized spacial score (nSPS) is 25.5. The van der Waals surface area contributed by atoms with Crippen molar-refractivity contribution in [2.24, 2.45) is 11.8 Å². The van der Waals surface area contributed by atoms with Crippen molar-refractivity contribution in [1.82, 2.24) is 9.29 Å². The van der Waals surface area contributed by atoms with Gasteiger partial charge in [0.25, 0.3) is 0 Å². The molecule has 4 nitrogen and oxygen atoms in total. The number of nitrogens with zero attached hydrogens (tertiary/aromatic N) is 2. The second kappa shape index (κ2) is 5.68. The molecule has 0 aromatic carbocycles. The first-order chi connectivity index (χ1) is 8.80. The molecule has 1 aromatic rings. The van der Waals surface area contributed by atoms with Gasteiger partial charge in [-0.05, 0) is 40.3 Å². The Morgan fingerprint density at radius 2 is 1.95 bits per heavy atom. The Bertz CT molecular complexity index is 569. The van der Waals surface area contributed by atoms with E-state index in [1.165, 1.54) is 16.6 Å². The highest BCUT2D eigenvalue weighted by atomic mass is 79.9. The van der Waals surface area contributed by atoms with E-state index in [0.717, 1.165) is 6.42 Å². The Morgan fingerprint density at radius 1 is 1.37 bits per heavy atom. The number of pyridine rings is 1. The molecule has 0 amide bonds. The van der Waals surface area contributed by atoms with Crippen molar-refractivity contribution in [2.75, 3.05) is 13.1 Å². The second-order valence-corrected chi connectivity index (χ2v) is 8.39. The van der Waals surface area contributed by atoms with Crippen LogP contribution in [0.5, 0.6) is 0 Å². The summed E-state index contributed by atoms with van der Waals surface area (Å²) in [7, 11) is -3.57. The fraction of sp³-hybridized carbons (Fsp3) is 0.583. The van der Waals surface area contributed by atoms with E-state index in [2.05, 4.69) is 34.8 Å². The van der Waals surface area contributed by atoms with E-state index in [0.29, 0.717) is 29.4 Å². The summed E-state index contributed by atoms with van der Waals surface area (Å²) in [5.74, 6) is 0.717. The first kappa shape index (κ1) is 15.2. The Labute approximate surface area is 127 Å². The summed E-state index contributed by atoms with van der Waals surface area (Å²) in [6.07, 6.45) is 2.54. The summed E-state index contributed by atoms with van der Waals surface area (Å²) in [5, 5.41) is 0.0223. The van der Waals surface area contributed by atoms with E-state index in [-0.39, 0.29) is 10.0 Å². The maximum absolute atomic E-state index is 12.6. The summed E-state index contributed by atoms with van der Waals surface area (Å²) in [4.78, 5) is 3.96. The van der Waals surface area contributed by atoms with E-state index in [1.54, 1.807) is 0 Å². The highest BCUT2D eigenvalue weighted by molar-refractivity contribution is 9.10. The number of sulfonamides is 1. The van der Waals surface area contributed by atoms with Gasteiger partial charge in [-0.3, -0.25) is 0 Å². The van der Waals surface area contributed by atoms with E-state index >= 15 is 0 Å². The van der Waals surface area contributed by atoms with Crippen LogP contribution in [0.3, 0.4) is 0 Å². The molecule has 7 heteroatoms. The van der Waals surface area contributed by atoms with Gasteiger partial charge in [0.2, 0.25) is 10.0 Å². The molecule has 1 saturated heterocycles. The van der Waals surface area contributed by atoms with Gasteiger partial charge >= 0.3 is 0 Å². The molecule has 106 valence electrons. The van der Waals surface area contributed by atoms with Crippen molar-refractivity contribution in [3.63, 3.8) is 0 Å². The van der Waals surface area contributed by atoms with Gasteiger partial charge in [-0.1, -0.05) is 25.4 Å². The van der Waals surface area contributed by atoms with Crippen molar-refractivity contribution < 1.29 is 8.42 Å². The topological polar surface area (TPSA) is 50.3 Å². The first-order valence-electron chi connectivity index (χ1n) is 6.12. The summed E-state index contributed by atoms with van der Waals surface area (Å²) >= 11 is 9.17. The van der Waals surface area contributed by atoms with Gasteiger partial charge in [-0.2, -0.15) is 4.31 Å². The van der Waals surface area contributed by atoms with Gasteiger partial charge in [0.1, 0.15) is 10.0 Å². The minimum Gasteiger partial charge on any atom is -0.242 e. The maximum atomic E-state index is 12.6. The zero-order chi connectivity index (χ0) is 14.2. The van der Waals surface area contributed by atoms with Gasteiger partial charge in [-0.25, -0.2) is 13.4 Å². The monoisotopic (exact) mass is 366 g/mol. The SMILES string of the molecule is CC1CC(C)CN(S(=O)(=O)c2cc(Br)cnc2Cl)C1. The van der Waals surface area contributed by atoms with Crippen LogP contribution in [0.1, 0.15) is 20.3 Å². The number of piperidine rings is 1. The molecule has 0 aliphatic carbocycles. The number of hydrogen-bond donors (Lipinski definition) is 0. The summed E-state index contributed by atoms with van der Waals surface area (Å²) in [6, 6.07) is 1.51. The highest BCUT2D eigenvalue weighted by Crippen LogP contribution is 2.30. The van der Waals surface area contributed by atoms with Crippen molar-refractivity contribution in [3.8, 4) is 0 Å². The third-order valence-corrected chi connectivity index (χ3v) is 5.92. The van der Waals surface area contributed by atoms with Crippen LogP contribution in [0.4, 0.5) is 0 Å². The molecule has 1 fully saturated rings. The van der Waals surface area contributed by atoms with E-state index in [1.807, 2.05) is 0 Å². The molecule has 1 aliphatic rings. The minimum atomic E-state index is -3.57. The lowest BCUT2D eigenvalue weighted by molar-refractivity contribution is 0.222. The fourth-order valence-electron chi connectivity index (χ4n) is 2.53. The molecule has 2 rings (SSSR count). The predicted molar refractivity (Wildman–Crippen MR) is 78.7 cm³/mol. The van der Waals surface area contributed by atoms with Crippen LogP contribution in [0, 0.1) is 11.8 Å². The zero-order valence-corrected chi connectivity index (χ0v) is 14.0. The molecule has 1 aliphatic heterocycles. The molecule has 2 atom stereocenters. The van der Waals surface area contributed by atoms with Crippen LogP contribution in [0.25, 0.3) is 0 Å². The Kier molecular flexibility index (Phi) is 4.55. The van der Waals surface area contributed by atoms with Gasteiger partial charge in [0.05, 0.1) is 0 Å². The average Bonchev–Trinajstić information content (AvgIpc) is 2.31. The predicted octanol–water partition coefficient (Wildman–Crippen LogP) is 3.16. The van der Waals surface area contributed by atoms with Crippen molar-refractivity contribution >= 4 is 37.6 Å². The van der Waals surface area contributed by atoms with Gasteiger partial charge in [0.15, 0.2) is 0 Å². The quantitative estimate of drug-likeness (QED) is 0.754. The number of halogens is 2. The Balaban J connectivity index is 2.39. The summed E-state index contributed by atoms with van der Waals surface area (Å²) in [5.41, 5.74) is 0. The first-order valence-corrected chi connectivity index (χ1v) is 8.73. The van der Waals surface area contributed by atoms with Crippen LogP contribution in [0.15, 0.2) is 21.6 Å². The molecule has 0 spiro atoms. The highest BCUT2D eigenvalue weighted by Gasteiger charge is 2.33. The number of rotatable bonds is 2. The Hall–Kier alpha value is -0.170. The van der Waals surface area contributed by atoms with Gasteiger partial charge in [-0.15, -0.1) is 0 Å². The molecule has 2 heterocycles. The molecular formula is C12H16BrClN2O2S. The molecule has 0 saturated carbocycles. The number of hydrogen-bond acceptors (Lipinski definition) is 3. The van der Waals surface area contributed by atoms with Crippen molar-refractivity contribution in [2.45, 2.75) is 25.2 Å². The van der Waals surface area contributed by atoms with Crippen LogP contribution in [0.2, 0.25) is 5.15 Å². The molecular weight excluding hydrogens is 352 g/mol. The molecule has 0 radical (unpaired) electrons. The number of aromatic nitrogens is 1. The second-order valence-electron chi connectivity index (χ2n) is 5.21. The van der Waals surface area contributed by atoms with E-state index < -0.39 is 10.0 Å². The molecule has 1 aromatic heterocycles. The lowest BCUT2D eigenvalue weighted by Gasteiger charge is -2.34. The molecule has 19 heavy (non-hydrogen) atoms. The molecule has 0 N–H and O–H groups in total. The van der Waals surface area contributed by atoms with Crippen LogP contribution in [-0.2, 0) is 10.0 Å². The third kappa shape index (κ3) is 3.29.